The monoisotopic (exact) mass is 653 g/mol. The van der Waals surface area contributed by atoms with Crippen molar-refractivity contribution in [2.24, 2.45) is 0 Å². The fourth-order valence-corrected chi connectivity index (χ4v) is 5.04. The summed E-state index contributed by atoms with van der Waals surface area (Å²) in [6.07, 6.45) is 5.04. The molecule has 0 spiro atoms. The van der Waals surface area contributed by atoms with E-state index in [2.05, 4.69) is 17.6 Å². The van der Waals surface area contributed by atoms with Gasteiger partial charge in [-0.05, 0) is 66.0 Å². The third-order valence-corrected chi connectivity index (χ3v) is 7.27. The highest BCUT2D eigenvalue weighted by molar-refractivity contribution is 5.93. The summed E-state index contributed by atoms with van der Waals surface area (Å²) in [5.41, 5.74) is -0.0387. The number of rotatable bonds is 16. The summed E-state index contributed by atoms with van der Waals surface area (Å²) in [6, 6.07) is 11.9. The number of unbranched alkanes of at least 4 members (excludes halogenated alkanes) is 5. The SMILES string of the molecule is CCCCCCCCN(C(=O)CNC(=O)OC(C)(C)C)C(C(=O)NC(Cc1ccccc1)C(=O)OC(C)(C)C)c1cccc(C)c1O. The van der Waals surface area contributed by atoms with Gasteiger partial charge in [0.2, 0.25) is 11.8 Å². The van der Waals surface area contributed by atoms with Gasteiger partial charge < -0.3 is 30.1 Å². The summed E-state index contributed by atoms with van der Waals surface area (Å²) < 4.78 is 11.0. The molecule has 3 N–H and O–H groups in total. The predicted octanol–water partition coefficient (Wildman–Crippen LogP) is 6.52. The quantitative estimate of drug-likeness (QED) is 0.139. The summed E-state index contributed by atoms with van der Waals surface area (Å²) in [4.78, 5) is 55.5. The van der Waals surface area contributed by atoms with Gasteiger partial charge in [0, 0.05) is 18.5 Å². The highest BCUT2D eigenvalue weighted by Gasteiger charge is 2.37. The second kappa shape index (κ2) is 18.3. The standard InChI is InChI=1S/C37H55N3O7/c1-9-10-11-12-13-17-23-40(30(41)25-38-35(45)47-37(6,7)8)31(28-22-18-19-26(2)32(28)42)33(43)39-29(34(44)46-36(3,4)5)24-27-20-15-14-16-21-27/h14-16,18-22,29,31,42H,9-13,17,23-25H2,1-8H3,(H,38,45)(H,39,43). The van der Waals surface area contributed by atoms with Crippen LogP contribution in [0.4, 0.5) is 4.79 Å². The van der Waals surface area contributed by atoms with Crippen LogP contribution in [0, 0.1) is 6.92 Å². The fraction of sp³-hybridized carbons (Fsp3) is 0.568. The molecular formula is C37H55N3O7. The first-order valence-electron chi connectivity index (χ1n) is 16.6. The number of ether oxygens (including phenoxy) is 2. The number of alkyl carbamates (subject to hydrolysis) is 1. The molecular weight excluding hydrogens is 598 g/mol. The van der Waals surface area contributed by atoms with E-state index >= 15 is 0 Å². The first-order chi connectivity index (χ1) is 22.0. The number of nitrogens with zero attached hydrogens (tertiary/aromatic N) is 1. The lowest BCUT2D eigenvalue weighted by molar-refractivity contribution is -0.159. The molecule has 0 aliphatic heterocycles. The lowest BCUT2D eigenvalue weighted by atomic mass is 9.98. The van der Waals surface area contributed by atoms with E-state index in [1.54, 1.807) is 66.7 Å². The van der Waals surface area contributed by atoms with Crippen molar-refractivity contribution in [3.8, 4) is 5.75 Å². The maximum atomic E-state index is 14.4. The summed E-state index contributed by atoms with van der Waals surface area (Å²) in [7, 11) is 0. The van der Waals surface area contributed by atoms with Crippen molar-refractivity contribution < 1.29 is 33.8 Å². The third-order valence-electron chi connectivity index (χ3n) is 7.27. The van der Waals surface area contributed by atoms with E-state index in [1.165, 1.54) is 4.90 Å². The van der Waals surface area contributed by atoms with Crippen molar-refractivity contribution >= 4 is 23.9 Å². The largest absolute Gasteiger partial charge is 0.507 e. The van der Waals surface area contributed by atoms with Gasteiger partial charge in [0.15, 0.2) is 0 Å². The Balaban J connectivity index is 2.52. The Morgan fingerprint density at radius 1 is 0.830 bits per heavy atom. The molecule has 2 unspecified atom stereocenters. The number of hydrogen-bond donors (Lipinski definition) is 3. The Hall–Kier alpha value is -4.08. The molecule has 2 aromatic carbocycles. The maximum absolute atomic E-state index is 14.4. The number of carbonyl (C=O) groups is 4. The van der Waals surface area contributed by atoms with Crippen LogP contribution >= 0.6 is 0 Å². The minimum atomic E-state index is -1.31. The lowest BCUT2D eigenvalue weighted by Gasteiger charge is -2.33. The zero-order valence-corrected chi connectivity index (χ0v) is 29.5. The summed E-state index contributed by atoms with van der Waals surface area (Å²) in [5.74, 6) is -1.95. The second-order valence-corrected chi connectivity index (χ2v) is 13.9. The van der Waals surface area contributed by atoms with Gasteiger partial charge in [-0.1, -0.05) is 87.6 Å². The minimum Gasteiger partial charge on any atom is -0.507 e. The number of hydrogen-bond acceptors (Lipinski definition) is 7. The van der Waals surface area contributed by atoms with Crippen LogP contribution < -0.4 is 10.6 Å². The summed E-state index contributed by atoms with van der Waals surface area (Å²) >= 11 is 0. The van der Waals surface area contributed by atoms with E-state index in [0.717, 1.165) is 37.7 Å². The van der Waals surface area contributed by atoms with E-state index < -0.39 is 53.7 Å². The van der Waals surface area contributed by atoms with E-state index in [0.29, 0.717) is 12.0 Å². The second-order valence-electron chi connectivity index (χ2n) is 13.9. The molecule has 0 aliphatic rings. The molecule has 0 aliphatic carbocycles. The van der Waals surface area contributed by atoms with E-state index in [1.807, 2.05) is 30.3 Å². The van der Waals surface area contributed by atoms with Crippen molar-refractivity contribution in [3.63, 3.8) is 0 Å². The Labute approximate surface area is 280 Å². The number of phenols is 1. The molecule has 0 saturated carbocycles. The van der Waals surface area contributed by atoms with Gasteiger partial charge in [0.05, 0.1) is 0 Å². The Kier molecular flexibility index (Phi) is 15.2. The fourth-order valence-electron chi connectivity index (χ4n) is 5.04. The van der Waals surface area contributed by atoms with Crippen LogP contribution in [0.1, 0.15) is 110 Å². The van der Waals surface area contributed by atoms with E-state index in [4.69, 9.17) is 9.47 Å². The Morgan fingerprint density at radius 2 is 1.45 bits per heavy atom. The molecule has 3 amide bonds. The molecule has 0 saturated heterocycles. The van der Waals surface area contributed by atoms with Gasteiger partial charge in [0.25, 0.3) is 0 Å². The molecule has 2 aromatic rings. The number of nitrogens with one attached hydrogen (secondary N) is 2. The van der Waals surface area contributed by atoms with Gasteiger partial charge >= 0.3 is 12.1 Å². The molecule has 0 fully saturated rings. The number of benzene rings is 2. The number of phenolic OH excluding ortho intramolecular Hbond substituents is 1. The number of esters is 1. The van der Waals surface area contributed by atoms with Crippen LogP contribution in [-0.2, 0) is 30.3 Å². The van der Waals surface area contributed by atoms with Crippen molar-refractivity contribution in [1.82, 2.24) is 15.5 Å². The van der Waals surface area contributed by atoms with Gasteiger partial charge in [0.1, 0.15) is 35.6 Å². The maximum Gasteiger partial charge on any atom is 0.408 e. The third kappa shape index (κ3) is 14.1. The molecule has 47 heavy (non-hydrogen) atoms. The molecule has 0 heterocycles. The summed E-state index contributed by atoms with van der Waals surface area (Å²) in [6.45, 7) is 14.0. The summed E-state index contributed by atoms with van der Waals surface area (Å²) in [5, 5.41) is 16.6. The minimum absolute atomic E-state index is 0.134. The lowest BCUT2D eigenvalue weighted by Crippen LogP contribution is -2.52. The average molecular weight is 654 g/mol. The zero-order chi connectivity index (χ0) is 35.2. The number of aryl methyl sites for hydroxylation is 1. The van der Waals surface area contributed by atoms with Gasteiger partial charge in [-0.25, -0.2) is 9.59 Å². The number of para-hydroxylation sites is 1. The first kappa shape index (κ1) is 39.1. The van der Waals surface area contributed by atoms with Crippen LogP contribution in [0.15, 0.2) is 48.5 Å². The predicted molar refractivity (Wildman–Crippen MR) is 183 cm³/mol. The highest BCUT2D eigenvalue weighted by atomic mass is 16.6. The van der Waals surface area contributed by atoms with Crippen LogP contribution in [0.2, 0.25) is 0 Å². The van der Waals surface area contributed by atoms with E-state index in [9.17, 15) is 24.3 Å². The molecule has 2 rings (SSSR count). The number of carbonyl (C=O) groups excluding carboxylic acids is 4. The van der Waals surface area contributed by atoms with Crippen molar-refractivity contribution in [1.29, 1.82) is 0 Å². The van der Waals surface area contributed by atoms with E-state index in [-0.39, 0.29) is 24.3 Å². The number of amides is 3. The van der Waals surface area contributed by atoms with Crippen LogP contribution in [0.3, 0.4) is 0 Å². The Morgan fingerprint density at radius 3 is 2.06 bits per heavy atom. The molecule has 260 valence electrons. The van der Waals surface area contributed by atoms with Gasteiger partial charge in [-0.15, -0.1) is 0 Å². The van der Waals surface area contributed by atoms with Crippen LogP contribution in [0.5, 0.6) is 5.75 Å². The first-order valence-corrected chi connectivity index (χ1v) is 16.6. The smallest absolute Gasteiger partial charge is 0.408 e. The average Bonchev–Trinajstić information content (AvgIpc) is 2.97. The Bertz CT molecular complexity index is 1320. The molecule has 10 heteroatoms. The molecule has 2 atom stereocenters. The molecule has 0 radical (unpaired) electrons. The highest BCUT2D eigenvalue weighted by Crippen LogP contribution is 2.32. The van der Waals surface area contributed by atoms with Crippen molar-refractivity contribution in [2.75, 3.05) is 13.1 Å². The zero-order valence-electron chi connectivity index (χ0n) is 29.5. The molecule has 0 aromatic heterocycles. The van der Waals surface area contributed by atoms with Gasteiger partial charge in [-0.3, -0.25) is 9.59 Å². The number of aromatic hydroxyl groups is 1. The normalized spacial score (nSPS) is 12.9. The van der Waals surface area contributed by atoms with Crippen molar-refractivity contribution in [2.45, 2.75) is 124 Å². The van der Waals surface area contributed by atoms with Crippen LogP contribution in [-0.4, -0.2) is 64.2 Å². The van der Waals surface area contributed by atoms with Gasteiger partial charge in [-0.2, -0.15) is 0 Å². The molecule has 10 nitrogen and oxygen atoms in total. The topological polar surface area (TPSA) is 134 Å². The van der Waals surface area contributed by atoms with Crippen LogP contribution in [0.25, 0.3) is 0 Å². The van der Waals surface area contributed by atoms with Crippen molar-refractivity contribution in [3.05, 3.63) is 65.2 Å². The molecule has 0 bridgehead atoms.